The average Bonchev–Trinajstić information content (AvgIpc) is 2.85. The summed E-state index contributed by atoms with van der Waals surface area (Å²) < 4.78 is 5.74. The van der Waals surface area contributed by atoms with Gasteiger partial charge in [0.15, 0.2) is 0 Å². The fraction of sp³-hybridized carbons (Fsp3) is 0.0667. The first kappa shape index (κ1) is 16.1. The second-order valence-corrected chi connectivity index (χ2v) is 3.91. The normalized spacial score (nSPS) is 9.47. The zero-order valence-corrected chi connectivity index (χ0v) is 13.4. The molecule has 3 rings (SSSR count). The van der Waals surface area contributed by atoms with Gasteiger partial charge in [-0.2, -0.15) is 11.5 Å². The molecule has 4 heteroatoms. The molecule has 0 unspecified atom stereocenters. The SMILES string of the molecule is [Br-].[Mg+2].[c-]1c[nH]c2ccc(OCc3ccccc3)cc12. The van der Waals surface area contributed by atoms with Gasteiger partial charge in [-0.3, -0.25) is 0 Å². The third-order valence-electron chi connectivity index (χ3n) is 2.69. The summed E-state index contributed by atoms with van der Waals surface area (Å²) in [5.74, 6) is 0.872. The topological polar surface area (TPSA) is 25.0 Å². The zero-order chi connectivity index (χ0) is 11.5. The van der Waals surface area contributed by atoms with Crippen molar-refractivity contribution in [2.45, 2.75) is 6.61 Å². The molecule has 0 aliphatic rings. The van der Waals surface area contributed by atoms with E-state index in [-0.39, 0.29) is 40.0 Å². The first-order valence-corrected chi connectivity index (χ1v) is 5.57. The molecule has 2 aromatic carbocycles. The molecule has 0 fully saturated rings. The maximum Gasteiger partial charge on any atom is 2.00 e. The largest absolute Gasteiger partial charge is 2.00 e. The molecule has 92 valence electrons. The molecular formula is C15H12BrMgNO. The number of fused-ring (bicyclic) bond motifs is 1. The van der Waals surface area contributed by atoms with Gasteiger partial charge in [-0.15, -0.1) is 6.07 Å². The molecule has 0 spiro atoms. The van der Waals surface area contributed by atoms with Gasteiger partial charge in [0, 0.05) is 0 Å². The molecule has 0 saturated heterocycles. The maximum atomic E-state index is 5.74. The Morgan fingerprint density at radius 2 is 1.84 bits per heavy atom. The summed E-state index contributed by atoms with van der Waals surface area (Å²) in [6.07, 6.45) is 1.81. The molecule has 3 aromatic rings. The third-order valence-corrected chi connectivity index (χ3v) is 2.69. The summed E-state index contributed by atoms with van der Waals surface area (Å²) >= 11 is 0. The quantitative estimate of drug-likeness (QED) is 0.539. The minimum atomic E-state index is 0. The van der Waals surface area contributed by atoms with Gasteiger partial charge in [0.25, 0.3) is 0 Å². The van der Waals surface area contributed by atoms with Crippen LogP contribution in [0.4, 0.5) is 0 Å². The van der Waals surface area contributed by atoms with Gasteiger partial charge in [0.05, 0.1) is 5.75 Å². The van der Waals surface area contributed by atoms with Crippen LogP contribution in [0.1, 0.15) is 5.56 Å². The predicted octanol–water partition coefficient (Wildman–Crippen LogP) is 0.170. The van der Waals surface area contributed by atoms with E-state index in [4.69, 9.17) is 4.74 Å². The number of rotatable bonds is 3. The van der Waals surface area contributed by atoms with Crippen molar-refractivity contribution >= 4 is 34.0 Å². The number of hydrogen-bond donors (Lipinski definition) is 1. The van der Waals surface area contributed by atoms with E-state index < -0.39 is 0 Å². The minimum Gasteiger partial charge on any atom is -1.00 e. The molecule has 0 radical (unpaired) electrons. The Hall–Kier alpha value is -0.974. The van der Waals surface area contributed by atoms with E-state index >= 15 is 0 Å². The third kappa shape index (κ3) is 3.99. The van der Waals surface area contributed by atoms with Crippen LogP contribution in [0.2, 0.25) is 0 Å². The summed E-state index contributed by atoms with van der Waals surface area (Å²) in [6, 6.07) is 19.2. The van der Waals surface area contributed by atoms with E-state index in [1.165, 1.54) is 5.56 Å². The molecule has 0 saturated carbocycles. The molecule has 0 aliphatic heterocycles. The molecule has 2 nitrogen and oxygen atoms in total. The van der Waals surface area contributed by atoms with E-state index in [0.29, 0.717) is 6.61 Å². The smallest absolute Gasteiger partial charge is 1.00 e. The van der Waals surface area contributed by atoms with Crippen molar-refractivity contribution in [2.24, 2.45) is 0 Å². The summed E-state index contributed by atoms with van der Waals surface area (Å²) in [7, 11) is 0. The molecule has 1 heterocycles. The molecule has 0 bridgehead atoms. The van der Waals surface area contributed by atoms with Gasteiger partial charge in [0.1, 0.15) is 6.61 Å². The van der Waals surface area contributed by atoms with E-state index in [1.54, 1.807) is 0 Å². The molecule has 0 amide bonds. The number of aromatic nitrogens is 1. The van der Waals surface area contributed by atoms with Crippen LogP contribution in [-0.2, 0) is 6.61 Å². The van der Waals surface area contributed by atoms with Crippen molar-refractivity contribution in [3.63, 3.8) is 0 Å². The monoisotopic (exact) mass is 325 g/mol. The molecular weight excluding hydrogens is 314 g/mol. The predicted molar refractivity (Wildman–Crippen MR) is 73.7 cm³/mol. The second kappa shape index (κ2) is 7.58. The van der Waals surface area contributed by atoms with Crippen molar-refractivity contribution in [1.82, 2.24) is 4.98 Å². The van der Waals surface area contributed by atoms with Crippen molar-refractivity contribution in [3.8, 4) is 5.75 Å². The molecule has 1 aromatic heterocycles. The van der Waals surface area contributed by atoms with E-state index in [2.05, 4.69) is 23.2 Å². The van der Waals surface area contributed by atoms with Crippen LogP contribution < -0.4 is 21.7 Å². The Balaban J connectivity index is 0.000000902. The summed E-state index contributed by atoms with van der Waals surface area (Å²) in [4.78, 5) is 3.11. The van der Waals surface area contributed by atoms with Gasteiger partial charge in [-0.05, 0) is 11.6 Å². The molecule has 0 aliphatic carbocycles. The number of hydrogen-bond acceptors (Lipinski definition) is 1. The fourth-order valence-corrected chi connectivity index (χ4v) is 1.79. The standard InChI is InChI=1S/C15H12NO.BrH.Mg/c1-2-4-12(5-3-1)11-17-14-6-7-15-13(10-14)8-9-16-15;;/h1-7,9-10,16H,11H2;1H;/q-1;;+2/p-1. The minimum absolute atomic E-state index is 0. The Labute approximate surface area is 139 Å². The molecule has 19 heavy (non-hydrogen) atoms. The number of halogens is 1. The zero-order valence-electron chi connectivity index (χ0n) is 10.4. The molecule has 1 N–H and O–H groups in total. The first-order valence-electron chi connectivity index (χ1n) is 5.57. The van der Waals surface area contributed by atoms with Crippen LogP contribution in [-0.4, -0.2) is 28.0 Å². The van der Waals surface area contributed by atoms with Gasteiger partial charge >= 0.3 is 23.1 Å². The van der Waals surface area contributed by atoms with Gasteiger partial charge in [-0.1, -0.05) is 48.1 Å². The Bertz CT molecular complexity index is 624. The number of H-pyrrole nitrogens is 1. The number of nitrogens with one attached hydrogen (secondary N) is 1. The van der Waals surface area contributed by atoms with Crippen LogP contribution in [0.25, 0.3) is 10.9 Å². The summed E-state index contributed by atoms with van der Waals surface area (Å²) in [5.41, 5.74) is 2.25. The van der Waals surface area contributed by atoms with Gasteiger partial charge in [0.2, 0.25) is 0 Å². The van der Waals surface area contributed by atoms with Crippen molar-refractivity contribution in [2.75, 3.05) is 0 Å². The summed E-state index contributed by atoms with van der Waals surface area (Å²) in [5, 5.41) is 1.05. The number of aromatic amines is 1. The maximum absolute atomic E-state index is 5.74. The van der Waals surface area contributed by atoms with Crippen molar-refractivity contribution < 1.29 is 21.7 Å². The van der Waals surface area contributed by atoms with Crippen LogP contribution >= 0.6 is 0 Å². The Kier molecular flexibility index (Phi) is 6.41. The summed E-state index contributed by atoms with van der Waals surface area (Å²) in [6.45, 7) is 0.594. The van der Waals surface area contributed by atoms with Crippen LogP contribution in [0.3, 0.4) is 0 Å². The van der Waals surface area contributed by atoms with E-state index in [1.807, 2.05) is 42.6 Å². The van der Waals surface area contributed by atoms with E-state index in [0.717, 1.165) is 16.7 Å². The molecule has 0 atom stereocenters. The van der Waals surface area contributed by atoms with Gasteiger partial charge < -0.3 is 26.7 Å². The van der Waals surface area contributed by atoms with E-state index in [9.17, 15) is 0 Å². The Morgan fingerprint density at radius 1 is 1.05 bits per heavy atom. The van der Waals surface area contributed by atoms with Crippen molar-refractivity contribution in [3.05, 3.63) is 66.4 Å². The fourth-order valence-electron chi connectivity index (χ4n) is 1.79. The van der Waals surface area contributed by atoms with Crippen LogP contribution in [0.15, 0.2) is 54.7 Å². The number of ether oxygens (including phenoxy) is 1. The average molecular weight is 326 g/mol. The first-order chi connectivity index (χ1) is 8.42. The van der Waals surface area contributed by atoms with Gasteiger partial charge in [-0.25, -0.2) is 0 Å². The van der Waals surface area contributed by atoms with Crippen LogP contribution in [0.5, 0.6) is 5.75 Å². The number of benzene rings is 2. The second-order valence-electron chi connectivity index (χ2n) is 3.91. The van der Waals surface area contributed by atoms with Crippen LogP contribution in [0, 0.1) is 6.07 Å². The Morgan fingerprint density at radius 3 is 2.63 bits per heavy atom. The van der Waals surface area contributed by atoms with Crippen molar-refractivity contribution in [1.29, 1.82) is 0 Å².